The van der Waals surface area contributed by atoms with Gasteiger partial charge in [-0.25, -0.2) is 4.98 Å². The van der Waals surface area contributed by atoms with E-state index in [1.165, 1.54) is 0 Å². The molecule has 27 heavy (non-hydrogen) atoms. The number of benzene rings is 1. The molecule has 1 aromatic heterocycles. The Bertz CT molecular complexity index is 771. The van der Waals surface area contributed by atoms with Crippen LogP contribution in [0.5, 0.6) is 17.4 Å². The predicted molar refractivity (Wildman–Crippen MR) is 102 cm³/mol. The maximum atomic E-state index is 12.7. The van der Waals surface area contributed by atoms with Gasteiger partial charge in [0.2, 0.25) is 11.8 Å². The third-order valence-corrected chi connectivity index (χ3v) is 4.64. The van der Waals surface area contributed by atoms with Crippen molar-refractivity contribution in [3.63, 3.8) is 0 Å². The summed E-state index contributed by atoms with van der Waals surface area (Å²) in [6.45, 7) is 6.61. The number of morpholine rings is 1. The van der Waals surface area contributed by atoms with E-state index in [0.29, 0.717) is 36.3 Å². The first kappa shape index (κ1) is 19.1. The highest BCUT2D eigenvalue weighted by Gasteiger charge is 2.35. The maximum Gasteiger partial charge on any atom is 0.244 e. The Balaban J connectivity index is 1.64. The third-order valence-electron chi connectivity index (χ3n) is 4.64. The number of carbonyl (C=O) groups excluding carboxylic acids is 1. The molecule has 1 aliphatic heterocycles. The quantitative estimate of drug-likeness (QED) is 0.842. The van der Waals surface area contributed by atoms with Crippen molar-refractivity contribution in [2.75, 3.05) is 38.7 Å². The van der Waals surface area contributed by atoms with Crippen LogP contribution in [-0.4, -0.2) is 54.7 Å². The number of carbonyl (C=O) groups is 1. The second-order valence-electron chi connectivity index (χ2n) is 6.75. The number of methoxy groups -OCH3 is 1. The lowest BCUT2D eigenvalue weighted by Gasteiger charge is -2.39. The highest BCUT2D eigenvalue weighted by atomic mass is 16.5. The topological polar surface area (TPSA) is 72.9 Å². The molecule has 0 radical (unpaired) electrons. The molecule has 0 aliphatic carbocycles. The number of nitrogens with zero attached hydrogens (tertiary/aromatic N) is 2. The summed E-state index contributed by atoms with van der Waals surface area (Å²) in [5.74, 6) is 1.55. The Morgan fingerprint density at radius 3 is 2.48 bits per heavy atom. The zero-order valence-corrected chi connectivity index (χ0v) is 15.9. The molecular weight excluding hydrogens is 346 g/mol. The van der Waals surface area contributed by atoms with Gasteiger partial charge in [0, 0.05) is 19.2 Å². The monoisotopic (exact) mass is 371 g/mol. The summed E-state index contributed by atoms with van der Waals surface area (Å²) in [4.78, 5) is 19.1. The van der Waals surface area contributed by atoms with Gasteiger partial charge in [0.1, 0.15) is 0 Å². The van der Waals surface area contributed by atoms with E-state index in [4.69, 9.17) is 14.2 Å². The molecule has 0 spiro atoms. The van der Waals surface area contributed by atoms with Crippen molar-refractivity contribution in [1.82, 2.24) is 9.88 Å². The number of aromatic nitrogens is 1. The molecule has 7 nitrogen and oxygen atoms in total. The fraction of sp³-hybridized carbons (Fsp3) is 0.400. The minimum atomic E-state index is -0.629. The van der Waals surface area contributed by atoms with Crippen molar-refractivity contribution < 1.29 is 19.0 Å². The number of nitrogens with one attached hydrogen (secondary N) is 1. The summed E-state index contributed by atoms with van der Waals surface area (Å²) >= 11 is 0. The molecule has 7 heteroatoms. The fourth-order valence-electron chi connectivity index (χ4n) is 2.88. The van der Waals surface area contributed by atoms with E-state index in [0.717, 1.165) is 13.1 Å². The molecule has 0 unspecified atom stereocenters. The molecule has 1 aliphatic rings. The van der Waals surface area contributed by atoms with Crippen LogP contribution < -0.4 is 14.8 Å². The molecule has 0 atom stereocenters. The molecule has 2 aromatic rings. The maximum absolute atomic E-state index is 12.7. The minimum Gasteiger partial charge on any atom is -0.493 e. The molecule has 2 heterocycles. The van der Waals surface area contributed by atoms with Gasteiger partial charge in [-0.15, -0.1) is 0 Å². The van der Waals surface area contributed by atoms with Gasteiger partial charge in [0.25, 0.3) is 0 Å². The first-order chi connectivity index (χ1) is 13.0. The summed E-state index contributed by atoms with van der Waals surface area (Å²) in [7, 11) is 1.59. The number of amides is 1. The lowest BCUT2D eigenvalue weighted by molar-refractivity contribution is -0.129. The van der Waals surface area contributed by atoms with Gasteiger partial charge in [0.15, 0.2) is 11.5 Å². The van der Waals surface area contributed by atoms with Gasteiger partial charge in [0.05, 0.1) is 37.7 Å². The Hall–Kier alpha value is -2.64. The number of rotatable bonds is 6. The van der Waals surface area contributed by atoms with Crippen LogP contribution in [0, 0.1) is 0 Å². The highest BCUT2D eigenvalue weighted by molar-refractivity contribution is 5.97. The van der Waals surface area contributed by atoms with Crippen LogP contribution in [0.15, 0.2) is 42.6 Å². The summed E-state index contributed by atoms with van der Waals surface area (Å²) in [6, 6.07) is 10.8. The molecule has 0 bridgehead atoms. The van der Waals surface area contributed by atoms with E-state index in [1.807, 2.05) is 32.0 Å². The molecule has 1 fully saturated rings. The summed E-state index contributed by atoms with van der Waals surface area (Å²) in [5, 5.41) is 2.93. The van der Waals surface area contributed by atoms with Crippen molar-refractivity contribution in [2.24, 2.45) is 0 Å². The number of ether oxygens (including phenoxy) is 3. The van der Waals surface area contributed by atoms with E-state index in [9.17, 15) is 4.79 Å². The van der Waals surface area contributed by atoms with Crippen LogP contribution in [0.2, 0.25) is 0 Å². The van der Waals surface area contributed by atoms with E-state index in [2.05, 4.69) is 15.2 Å². The van der Waals surface area contributed by atoms with E-state index < -0.39 is 5.54 Å². The van der Waals surface area contributed by atoms with Gasteiger partial charge in [-0.05, 0) is 32.0 Å². The van der Waals surface area contributed by atoms with Crippen LogP contribution in [-0.2, 0) is 9.53 Å². The van der Waals surface area contributed by atoms with Gasteiger partial charge < -0.3 is 19.5 Å². The summed E-state index contributed by atoms with van der Waals surface area (Å²) in [6.07, 6.45) is 1.58. The summed E-state index contributed by atoms with van der Waals surface area (Å²) < 4.78 is 16.4. The van der Waals surface area contributed by atoms with Gasteiger partial charge >= 0.3 is 0 Å². The largest absolute Gasteiger partial charge is 0.493 e. The van der Waals surface area contributed by atoms with E-state index in [1.54, 1.807) is 31.5 Å². The lowest BCUT2D eigenvalue weighted by Crippen LogP contribution is -2.56. The average Bonchev–Trinajstić information content (AvgIpc) is 2.70. The molecule has 1 amide bonds. The number of hydrogen-bond acceptors (Lipinski definition) is 6. The average molecular weight is 371 g/mol. The van der Waals surface area contributed by atoms with E-state index in [-0.39, 0.29) is 5.91 Å². The Kier molecular flexibility index (Phi) is 5.93. The van der Waals surface area contributed by atoms with Crippen LogP contribution in [0.3, 0.4) is 0 Å². The second-order valence-corrected chi connectivity index (χ2v) is 6.75. The van der Waals surface area contributed by atoms with Gasteiger partial charge in [-0.1, -0.05) is 12.1 Å². The molecular formula is C20H25N3O4. The highest BCUT2D eigenvalue weighted by Crippen LogP contribution is 2.30. The van der Waals surface area contributed by atoms with Crippen LogP contribution >= 0.6 is 0 Å². The molecule has 3 rings (SSSR count). The first-order valence-corrected chi connectivity index (χ1v) is 8.92. The van der Waals surface area contributed by atoms with Crippen LogP contribution in [0.25, 0.3) is 0 Å². The Morgan fingerprint density at radius 1 is 1.15 bits per heavy atom. The SMILES string of the molecule is COc1ccccc1Oc1ccc(NC(=O)C(C)(C)N2CCOCC2)cn1. The Labute approximate surface area is 159 Å². The van der Waals surface area contributed by atoms with Crippen molar-refractivity contribution in [3.05, 3.63) is 42.6 Å². The third kappa shape index (κ3) is 4.56. The summed E-state index contributed by atoms with van der Waals surface area (Å²) in [5.41, 5.74) is -0.00944. The number of anilines is 1. The van der Waals surface area contributed by atoms with Gasteiger partial charge in [-0.3, -0.25) is 9.69 Å². The normalized spacial score (nSPS) is 15.2. The second kappa shape index (κ2) is 8.37. The predicted octanol–water partition coefficient (Wildman–Crippen LogP) is 2.93. The number of para-hydroxylation sites is 2. The molecule has 1 N–H and O–H groups in total. The van der Waals surface area contributed by atoms with Crippen LogP contribution in [0.4, 0.5) is 5.69 Å². The standard InChI is InChI=1S/C20H25N3O4/c1-20(2,23-10-12-26-13-11-23)19(24)22-15-8-9-18(21-14-15)27-17-7-5-4-6-16(17)25-3/h4-9,14H,10-13H2,1-3H3,(H,22,24). The Morgan fingerprint density at radius 2 is 1.85 bits per heavy atom. The van der Waals surface area contributed by atoms with Crippen molar-refractivity contribution in [2.45, 2.75) is 19.4 Å². The zero-order valence-electron chi connectivity index (χ0n) is 15.9. The minimum absolute atomic E-state index is 0.0791. The van der Waals surface area contributed by atoms with Crippen molar-refractivity contribution in [1.29, 1.82) is 0 Å². The number of pyridine rings is 1. The van der Waals surface area contributed by atoms with Gasteiger partial charge in [-0.2, -0.15) is 0 Å². The molecule has 1 aromatic carbocycles. The molecule has 1 saturated heterocycles. The fourth-order valence-corrected chi connectivity index (χ4v) is 2.88. The first-order valence-electron chi connectivity index (χ1n) is 8.92. The zero-order chi connectivity index (χ0) is 19.3. The van der Waals surface area contributed by atoms with Crippen LogP contribution in [0.1, 0.15) is 13.8 Å². The molecule has 0 saturated carbocycles. The number of hydrogen-bond donors (Lipinski definition) is 1. The van der Waals surface area contributed by atoms with E-state index >= 15 is 0 Å². The smallest absolute Gasteiger partial charge is 0.244 e. The lowest BCUT2D eigenvalue weighted by atomic mass is 10.0. The van der Waals surface area contributed by atoms with Crippen molar-refractivity contribution in [3.8, 4) is 17.4 Å². The van der Waals surface area contributed by atoms with Crippen molar-refractivity contribution >= 4 is 11.6 Å². The molecule has 144 valence electrons.